The van der Waals surface area contributed by atoms with Gasteiger partial charge in [-0.15, -0.1) is 0 Å². The van der Waals surface area contributed by atoms with Gasteiger partial charge in [0.25, 0.3) is 0 Å². The third-order valence-corrected chi connectivity index (χ3v) is 6.61. The molecule has 3 rings (SSSR count). The number of alkyl halides is 6. The van der Waals surface area contributed by atoms with Crippen molar-refractivity contribution < 1.29 is 39.5 Å². The first-order valence-electron chi connectivity index (χ1n) is 9.36. The van der Waals surface area contributed by atoms with Crippen molar-refractivity contribution in [2.75, 3.05) is 5.75 Å². The quantitative estimate of drug-likeness (QED) is 0.482. The van der Waals surface area contributed by atoms with Gasteiger partial charge in [0.05, 0.1) is 29.2 Å². The molecule has 0 amide bonds. The molecule has 0 aromatic carbocycles. The fourth-order valence-corrected chi connectivity index (χ4v) is 3.90. The maximum atomic E-state index is 13.2. The Morgan fingerprint density at radius 2 is 1.67 bits per heavy atom. The fourth-order valence-electron chi connectivity index (χ4n) is 2.85. The number of imidazole rings is 1. The van der Waals surface area contributed by atoms with Gasteiger partial charge in [0.15, 0.2) is 21.3 Å². The normalized spacial score (nSPS) is 13.5. The van der Waals surface area contributed by atoms with E-state index < -0.39 is 49.9 Å². The molecule has 0 aliphatic carbocycles. The van der Waals surface area contributed by atoms with Crippen LogP contribution in [-0.2, 0) is 23.1 Å². The molecule has 0 unspecified atom stereocenters. The standard InChI is InChI=1S/C19H18F6N4O3S/c1-5-33(30,31)13-6-10(32-17(2,3)19(23,24)25)8-27-15(13)16-28-11-7-14(18(20,21)22)26-9-12(11)29(16)4/h6-9H,5H2,1-4H3. The van der Waals surface area contributed by atoms with Crippen LogP contribution in [-0.4, -0.2) is 45.5 Å². The topological polar surface area (TPSA) is 87.0 Å². The van der Waals surface area contributed by atoms with Gasteiger partial charge in [-0.05, 0) is 19.9 Å². The van der Waals surface area contributed by atoms with Gasteiger partial charge in [0.2, 0.25) is 0 Å². The molecule has 0 radical (unpaired) electrons. The molecular weight excluding hydrogens is 478 g/mol. The zero-order valence-electron chi connectivity index (χ0n) is 17.7. The van der Waals surface area contributed by atoms with Gasteiger partial charge in [-0.25, -0.2) is 23.4 Å². The third-order valence-electron chi connectivity index (χ3n) is 4.87. The molecule has 0 saturated heterocycles. The largest absolute Gasteiger partial charge is 0.477 e. The van der Waals surface area contributed by atoms with Gasteiger partial charge in [-0.1, -0.05) is 6.92 Å². The summed E-state index contributed by atoms with van der Waals surface area (Å²) in [5.74, 6) is -0.981. The molecule has 3 aromatic heterocycles. The lowest BCUT2D eigenvalue weighted by atomic mass is 10.1. The Labute approximate surface area is 184 Å². The molecule has 0 fully saturated rings. The Morgan fingerprint density at radius 3 is 2.21 bits per heavy atom. The lowest BCUT2D eigenvalue weighted by molar-refractivity contribution is -0.234. The van der Waals surface area contributed by atoms with Crippen molar-refractivity contribution in [3.05, 3.63) is 30.2 Å². The van der Waals surface area contributed by atoms with Crippen molar-refractivity contribution in [3.8, 4) is 17.3 Å². The number of sulfone groups is 1. The van der Waals surface area contributed by atoms with Crippen molar-refractivity contribution >= 4 is 20.9 Å². The first kappa shape index (κ1) is 24.7. The number of fused-ring (bicyclic) bond motifs is 1. The molecule has 0 aliphatic rings. The van der Waals surface area contributed by atoms with E-state index >= 15 is 0 Å². The Balaban J connectivity index is 2.20. The van der Waals surface area contributed by atoms with Gasteiger partial charge in [-0.3, -0.25) is 0 Å². The van der Waals surface area contributed by atoms with Gasteiger partial charge in [0, 0.05) is 13.1 Å². The highest BCUT2D eigenvalue weighted by Crippen LogP contribution is 2.37. The number of aryl methyl sites for hydroxylation is 1. The van der Waals surface area contributed by atoms with Gasteiger partial charge in [-0.2, -0.15) is 26.3 Å². The minimum absolute atomic E-state index is 0.111. The molecule has 7 nitrogen and oxygen atoms in total. The highest BCUT2D eigenvalue weighted by atomic mass is 32.2. The number of nitrogens with zero attached hydrogens (tertiary/aromatic N) is 4. The highest BCUT2D eigenvalue weighted by Gasteiger charge is 2.50. The summed E-state index contributed by atoms with van der Waals surface area (Å²) in [5.41, 5.74) is -4.03. The Kier molecular flexibility index (Phi) is 5.88. The smallest absolute Gasteiger partial charge is 0.433 e. The van der Waals surface area contributed by atoms with Crippen LogP contribution in [0.4, 0.5) is 26.3 Å². The van der Waals surface area contributed by atoms with Crippen LogP contribution in [0.3, 0.4) is 0 Å². The number of halogens is 6. The van der Waals surface area contributed by atoms with Gasteiger partial charge < -0.3 is 9.30 Å². The van der Waals surface area contributed by atoms with Crippen molar-refractivity contribution in [3.63, 3.8) is 0 Å². The minimum Gasteiger partial charge on any atom is -0.477 e. The van der Waals surface area contributed by atoms with Crippen molar-refractivity contribution in [1.29, 1.82) is 0 Å². The summed E-state index contributed by atoms with van der Waals surface area (Å²) in [6.07, 6.45) is -7.64. The molecule has 33 heavy (non-hydrogen) atoms. The highest BCUT2D eigenvalue weighted by molar-refractivity contribution is 7.91. The fraction of sp³-hybridized carbons (Fsp3) is 0.421. The third kappa shape index (κ3) is 4.61. The van der Waals surface area contributed by atoms with Crippen LogP contribution < -0.4 is 4.74 Å². The number of ether oxygens (including phenoxy) is 1. The van der Waals surface area contributed by atoms with Crippen LogP contribution in [0.1, 0.15) is 26.5 Å². The summed E-state index contributed by atoms with van der Waals surface area (Å²) in [7, 11) is -2.63. The molecule has 0 N–H and O–H groups in total. The average molecular weight is 496 g/mol. The molecule has 3 aromatic rings. The number of hydrogen-bond donors (Lipinski definition) is 0. The number of aromatic nitrogens is 4. The lowest BCUT2D eigenvalue weighted by Crippen LogP contribution is -2.44. The number of pyridine rings is 2. The summed E-state index contributed by atoms with van der Waals surface area (Å²) in [4.78, 5) is 10.9. The van der Waals surface area contributed by atoms with Crippen LogP contribution in [0.2, 0.25) is 0 Å². The first-order valence-corrected chi connectivity index (χ1v) is 11.0. The molecule has 180 valence electrons. The van der Waals surface area contributed by atoms with Gasteiger partial charge in [0.1, 0.15) is 22.0 Å². The SMILES string of the molecule is CCS(=O)(=O)c1cc(OC(C)(C)C(F)(F)F)cnc1-c1nc2cc(C(F)(F)F)ncc2n1C. The number of hydrogen-bond acceptors (Lipinski definition) is 6. The van der Waals surface area contributed by atoms with Crippen LogP contribution >= 0.6 is 0 Å². The molecule has 0 spiro atoms. The van der Waals surface area contributed by atoms with Crippen LogP contribution in [0.25, 0.3) is 22.6 Å². The predicted octanol–water partition coefficient (Wildman–Crippen LogP) is 4.56. The summed E-state index contributed by atoms with van der Waals surface area (Å²) >= 11 is 0. The van der Waals surface area contributed by atoms with Crippen molar-refractivity contribution in [2.45, 2.75) is 43.6 Å². The molecule has 0 atom stereocenters. The van der Waals surface area contributed by atoms with E-state index in [1.165, 1.54) is 18.5 Å². The van der Waals surface area contributed by atoms with Crippen molar-refractivity contribution in [1.82, 2.24) is 19.5 Å². The lowest BCUT2D eigenvalue weighted by Gasteiger charge is -2.28. The first-order chi connectivity index (χ1) is 15.0. The Bertz CT molecular complexity index is 1310. The zero-order chi connectivity index (χ0) is 25.0. The summed E-state index contributed by atoms with van der Waals surface area (Å²) in [6.45, 7) is 2.86. The Hall–Kier alpha value is -2.90. The monoisotopic (exact) mass is 496 g/mol. The Morgan fingerprint density at radius 1 is 1.03 bits per heavy atom. The molecular formula is C19H18F6N4O3S. The van der Waals surface area contributed by atoms with E-state index in [-0.39, 0.29) is 22.6 Å². The summed E-state index contributed by atoms with van der Waals surface area (Å²) in [5, 5.41) is 0. The van der Waals surface area contributed by atoms with E-state index in [4.69, 9.17) is 4.74 Å². The average Bonchev–Trinajstić information content (AvgIpc) is 3.02. The predicted molar refractivity (Wildman–Crippen MR) is 105 cm³/mol. The van der Waals surface area contributed by atoms with Crippen LogP contribution in [0.15, 0.2) is 29.4 Å². The molecule has 14 heteroatoms. The second kappa shape index (κ2) is 7.85. The van der Waals surface area contributed by atoms with Crippen molar-refractivity contribution in [2.24, 2.45) is 7.05 Å². The van der Waals surface area contributed by atoms with E-state index in [0.717, 1.165) is 32.3 Å². The zero-order valence-corrected chi connectivity index (χ0v) is 18.5. The maximum absolute atomic E-state index is 13.2. The van der Waals surface area contributed by atoms with E-state index in [0.29, 0.717) is 6.07 Å². The molecule has 3 heterocycles. The maximum Gasteiger partial charge on any atom is 0.433 e. The molecule has 0 bridgehead atoms. The second-order valence-corrected chi connectivity index (χ2v) is 9.83. The minimum atomic E-state index is -4.75. The van der Waals surface area contributed by atoms with Crippen LogP contribution in [0.5, 0.6) is 5.75 Å². The molecule has 0 aliphatic heterocycles. The summed E-state index contributed by atoms with van der Waals surface area (Å²) in [6, 6.07) is 1.60. The van der Waals surface area contributed by atoms with E-state index in [1.807, 2.05) is 0 Å². The van der Waals surface area contributed by atoms with E-state index in [9.17, 15) is 34.8 Å². The summed E-state index contributed by atoms with van der Waals surface area (Å²) < 4.78 is 110. The van der Waals surface area contributed by atoms with E-state index in [2.05, 4.69) is 15.0 Å². The number of rotatable bonds is 5. The second-order valence-electron chi connectivity index (χ2n) is 7.58. The van der Waals surface area contributed by atoms with E-state index in [1.54, 1.807) is 0 Å². The van der Waals surface area contributed by atoms with Gasteiger partial charge >= 0.3 is 12.4 Å². The molecule has 0 saturated carbocycles. The van der Waals surface area contributed by atoms with Crippen LogP contribution in [0, 0.1) is 0 Å².